The molecule has 0 bridgehead atoms. The van der Waals surface area contributed by atoms with E-state index in [4.69, 9.17) is 0 Å². The third kappa shape index (κ3) is 4.22. The van der Waals surface area contributed by atoms with Crippen molar-refractivity contribution in [1.29, 1.82) is 0 Å². The van der Waals surface area contributed by atoms with Crippen LogP contribution in [0.25, 0.3) is 0 Å². The van der Waals surface area contributed by atoms with Crippen molar-refractivity contribution in [2.24, 2.45) is 0 Å². The molecule has 1 atom stereocenters. The first kappa shape index (κ1) is 14.9. The summed E-state index contributed by atoms with van der Waals surface area (Å²) in [7, 11) is 0. The van der Waals surface area contributed by atoms with Crippen LogP contribution in [0.3, 0.4) is 0 Å². The lowest BCUT2D eigenvalue weighted by molar-refractivity contribution is 0.514. The van der Waals surface area contributed by atoms with Gasteiger partial charge in [-0.2, -0.15) is 0 Å². The van der Waals surface area contributed by atoms with E-state index < -0.39 is 0 Å². The molecule has 1 aromatic carbocycles. The molecule has 106 valence electrons. The quantitative estimate of drug-likeness (QED) is 0.822. The molecule has 0 amide bonds. The van der Waals surface area contributed by atoms with Crippen LogP contribution in [0.15, 0.2) is 23.1 Å². The van der Waals surface area contributed by atoms with Crippen LogP contribution in [0, 0.1) is 5.82 Å². The molecule has 0 aliphatic heterocycles. The van der Waals surface area contributed by atoms with Gasteiger partial charge in [-0.3, -0.25) is 0 Å². The summed E-state index contributed by atoms with van der Waals surface area (Å²) in [5, 5.41) is 3.93. The lowest BCUT2D eigenvalue weighted by Gasteiger charge is -2.21. The number of nitrogens with one attached hydrogen (secondary N) is 1. The summed E-state index contributed by atoms with van der Waals surface area (Å²) in [5.41, 5.74) is 1.03. The molecule has 1 nitrogen and oxygen atoms in total. The first-order chi connectivity index (χ1) is 9.20. The van der Waals surface area contributed by atoms with Gasteiger partial charge < -0.3 is 5.32 Å². The predicted molar refractivity (Wildman–Crippen MR) is 81.2 cm³/mol. The second-order valence-corrected chi connectivity index (χ2v) is 6.69. The maximum absolute atomic E-state index is 14.2. The number of rotatable bonds is 5. The van der Waals surface area contributed by atoms with E-state index in [1.807, 2.05) is 6.07 Å². The van der Waals surface area contributed by atoms with Crippen molar-refractivity contribution in [3.8, 4) is 0 Å². The van der Waals surface area contributed by atoms with Crippen LogP contribution in [0.5, 0.6) is 0 Å². The first-order valence-electron chi connectivity index (χ1n) is 7.40. The standard InChI is InChI=1S/C16H24FNS/c1-3-18-12(2)13-9-10-16(15(17)11-13)19-14-7-5-4-6-8-14/h9-12,14,18H,3-8H2,1-2H3. The average Bonchev–Trinajstić information content (AvgIpc) is 2.42. The Balaban J connectivity index is 2.01. The van der Waals surface area contributed by atoms with Crippen molar-refractivity contribution in [1.82, 2.24) is 5.32 Å². The molecule has 0 spiro atoms. The fourth-order valence-corrected chi connectivity index (χ4v) is 3.91. The van der Waals surface area contributed by atoms with E-state index in [9.17, 15) is 4.39 Å². The zero-order chi connectivity index (χ0) is 13.7. The Morgan fingerprint density at radius 3 is 2.68 bits per heavy atom. The molecule has 1 aliphatic rings. The normalized spacial score (nSPS) is 18.5. The van der Waals surface area contributed by atoms with Crippen molar-refractivity contribution in [3.63, 3.8) is 0 Å². The summed E-state index contributed by atoms with van der Waals surface area (Å²) < 4.78 is 14.2. The molecule has 0 heterocycles. The average molecular weight is 281 g/mol. The van der Waals surface area contributed by atoms with Gasteiger partial charge in [0, 0.05) is 16.2 Å². The largest absolute Gasteiger partial charge is 0.310 e. The van der Waals surface area contributed by atoms with Crippen LogP contribution < -0.4 is 5.32 Å². The molecule has 3 heteroatoms. The van der Waals surface area contributed by atoms with Crippen molar-refractivity contribution >= 4 is 11.8 Å². The van der Waals surface area contributed by atoms with Crippen molar-refractivity contribution in [3.05, 3.63) is 29.6 Å². The Morgan fingerprint density at radius 2 is 2.05 bits per heavy atom. The van der Waals surface area contributed by atoms with E-state index in [-0.39, 0.29) is 11.9 Å². The van der Waals surface area contributed by atoms with Gasteiger partial charge in [-0.1, -0.05) is 32.3 Å². The Labute approximate surface area is 120 Å². The molecule has 1 unspecified atom stereocenters. The monoisotopic (exact) mass is 281 g/mol. The highest BCUT2D eigenvalue weighted by Crippen LogP contribution is 2.35. The topological polar surface area (TPSA) is 12.0 Å². The fourth-order valence-electron chi connectivity index (χ4n) is 2.67. The highest BCUT2D eigenvalue weighted by molar-refractivity contribution is 8.00. The van der Waals surface area contributed by atoms with Crippen molar-refractivity contribution in [2.45, 2.75) is 62.1 Å². The van der Waals surface area contributed by atoms with Gasteiger partial charge in [-0.25, -0.2) is 4.39 Å². The molecule has 2 rings (SSSR count). The first-order valence-corrected chi connectivity index (χ1v) is 8.28. The number of hydrogen-bond acceptors (Lipinski definition) is 2. The molecule has 1 fully saturated rings. The molecule has 0 aromatic heterocycles. The van der Waals surface area contributed by atoms with Crippen LogP contribution >= 0.6 is 11.8 Å². The Bertz CT molecular complexity index is 402. The predicted octanol–water partition coefficient (Wildman–Crippen LogP) is 4.92. The van der Waals surface area contributed by atoms with Crippen molar-refractivity contribution in [2.75, 3.05) is 6.54 Å². The van der Waals surface area contributed by atoms with Crippen molar-refractivity contribution < 1.29 is 4.39 Å². The maximum atomic E-state index is 14.2. The highest BCUT2D eigenvalue weighted by Gasteiger charge is 2.17. The summed E-state index contributed by atoms with van der Waals surface area (Å²) in [6.07, 6.45) is 6.42. The summed E-state index contributed by atoms with van der Waals surface area (Å²) in [4.78, 5) is 0.819. The van der Waals surface area contributed by atoms with E-state index in [0.717, 1.165) is 17.0 Å². The summed E-state index contributed by atoms with van der Waals surface area (Å²) in [6.45, 7) is 5.05. The Kier molecular flexibility index (Phi) is 5.71. The van der Waals surface area contributed by atoms with Crippen LogP contribution in [-0.4, -0.2) is 11.8 Å². The SMILES string of the molecule is CCNC(C)c1ccc(SC2CCCCC2)c(F)c1. The van der Waals surface area contributed by atoms with Gasteiger partial charge in [0.1, 0.15) is 5.82 Å². The van der Waals surface area contributed by atoms with Crippen LogP contribution in [0.1, 0.15) is 57.6 Å². The molecular weight excluding hydrogens is 257 g/mol. The second kappa shape index (κ2) is 7.30. The number of halogens is 1. The highest BCUT2D eigenvalue weighted by atomic mass is 32.2. The lowest BCUT2D eigenvalue weighted by atomic mass is 10.0. The number of hydrogen-bond donors (Lipinski definition) is 1. The minimum Gasteiger partial charge on any atom is -0.310 e. The van der Waals surface area contributed by atoms with E-state index in [1.54, 1.807) is 17.8 Å². The summed E-state index contributed by atoms with van der Waals surface area (Å²) in [5.74, 6) is -0.0576. The molecule has 0 saturated heterocycles. The van der Waals surface area contributed by atoms with E-state index in [2.05, 4.69) is 25.2 Å². The van der Waals surface area contributed by atoms with Gasteiger partial charge in [-0.15, -0.1) is 11.8 Å². The third-order valence-electron chi connectivity index (χ3n) is 3.81. The summed E-state index contributed by atoms with van der Waals surface area (Å²) >= 11 is 1.73. The lowest BCUT2D eigenvalue weighted by Crippen LogP contribution is -2.17. The van der Waals surface area contributed by atoms with Crippen LogP contribution in [0.4, 0.5) is 4.39 Å². The Morgan fingerprint density at radius 1 is 1.32 bits per heavy atom. The van der Waals surface area contributed by atoms with Crippen LogP contribution in [0.2, 0.25) is 0 Å². The van der Waals surface area contributed by atoms with E-state index >= 15 is 0 Å². The zero-order valence-electron chi connectivity index (χ0n) is 11.9. The number of thioether (sulfide) groups is 1. The Hall–Kier alpha value is -0.540. The van der Waals surface area contributed by atoms with Gasteiger partial charge >= 0.3 is 0 Å². The minimum absolute atomic E-state index is 0.0576. The molecule has 0 radical (unpaired) electrons. The smallest absolute Gasteiger partial charge is 0.137 e. The van der Waals surface area contributed by atoms with Gasteiger partial charge in [0.2, 0.25) is 0 Å². The van der Waals surface area contributed by atoms with Crippen LogP contribution in [-0.2, 0) is 0 Å². The number of benzene rings is 1. The van der Waals surface area contributed by atoms with Gasteiger partial charge in [0.15, 0.2) is 0 Å². The molecule has 19 heavy (non-hydrogen) atoms. The van der Waals surface area contributed by atoms with Gasteiger partial charge in [0.05, 0.1) is 0 Å². The molecule has 1 N–H and O–H groups in total. The second-order valence-electron chi connectivity index (χ2n) is 5.35. The summed E-state index contributed by atoms with van der Waals surface area (Å²) in [6, 6.07) is 5.92. The van der Waals surface area contributed by atoms with E-state index in [0.29, 0.717) is 5.25 Å². The molecule has 1 aliphatic carbocycles. The van der Waals surface area contributed by atoms with E-state index in [1.165, 1.54) is 32.1 Å². The third-order valence-corrected chi connectivity index (χ3v) is 5.20. The molecular formula is C16H24FNS. The van der Waals surface area contributed by atoms with Gasteiger partial charge in [0.25, 0.3) is 0 Å². The molecule has 1 aromatic rings. The van der Waals surface area contributed by atoms with Gasteiger partial charge in [-0.05, 0) is 44.0 Å². The molecule has 1 saturated carbocycles. The maximum Gasteiger partial charge on any atom is 0.137 e. The zero-order valence-corrected chi connectivity index (χ0v) is 12.7. The minimum atomic E-state index is -0.0576. The fraction of sp³-hybridized carbons (Fsp3) is 0.625.